The molecule has 0 saturated carbocycles. The van der Waals surface area contributed by atoms with Crippen molar-refractivity contribution in [1.82, 2.24) is 4.98 Å². The maximum atomic E-state index is 10.7. The van der Waals surface area contributed by atoms with Gasteiger partial charge in [0.1, 0.15) is 17.4 Å². The van der Waals surface area contributed by atoms with E-state index >= 15 is 0 Å². The van der Waals surface area contributed by atoms with Crippen LogP contribution in [-0.2, 0) is 6.61 Å². The summed E-state index contributed by atoms with van der Waals surface area (Å²) in [5.74, 6) is 0.467. The van der Waals surface area contributed by atoms with E-state index in [2.05, 4.69) is 4.98 Å². The highest BCUT2D eigenvalue weighted by atomic mass is 32.1. The van der Waals surface area contributed by atoms with Gasteiger partial charge in [0.15, 0.2) is 0 Å². The van der Waals surface area contributed by atoms with Gasteiger partial charge >= 0.3 is 0 Å². The van der Waals surface area contributed by atoms with Gasteiger partial charge in [-0.25, -0.2) is 4.98 Å². The highest BCUT2D eigenvalue weighted by molar-refractivity contribution is 7.20. The van der Waals surface area contributed by atoms with Gasteiger partial charge in [0.25, 0.3) is 5.69 Å². The molecule has 0 N–H and O–H groups in total. The molecule has 0 aliphatic carbocycles. The third-order valence-corrected chi connectivity index (χ3v) is 4.63. The third kappa shape index (κ3) is 3.26. The molecule has 0 amide bonds. The van der Waals surface area contributed by atoms with Crippen LogP contribution in [0.25, 0.3) is 9.88 Å². The number of aromatic nitrogens is 1. The summed E-state index contributed by atoms with van der Waals surface area (Å²) in [6, 6.07) is 10.2. The summed E-state index contributed by atoms with van der Waals surface area (Å²) < 4.78 is 5.56. The summed E-state index contributed by atoms with van der Waals surface area (Å²) in [4.78, 5) is 15.9. The third-order valence-electron chi connectivity index (χ3n) is 2.70. The van der Waals surface area contributed by atoms with Crippen LogP contribution in [0.3, 0.4) is 0 Å². The van der Waals surface area contributed by atoms with Gasteiger partial charge in [-0.3, -0.25) is 10.1 Å². The predicted octanol–water partition coefficient (Wildman–Crippen LogP) is 4.36. The molecule has 0 radical (unpaired) electrons. The molecule has 0 saturated heterocycles. The molecule has 0 aliphatic heterocycles. The Morgan fingerprint density at radius 3 is 2.90 bits per heavy atom. The molecular formula is C14H10N2O3S2. The number of thiophene rings is 1. The Balaban J connectivity index is 1.68. The summed E-state index contributed by atoms with van der Waals surface area (Å²) in [7, 11) is 0. The van der Waals surface area contributed by atoms with Crippen LogP contribution >= 0.6 is 22.7 Å². The molecule has 3 aromatic rings. The molecule has 0 aliphatic rings. The maximum absolute atomic E-state index is 10.7. The molecule has 0 spiro atoms. The average molecular weight is 318 g/mol. The van der Waals surface area contributed by atoms with Crippen LogP contribution in [0.2, 0.25) is 0 Å². The molecule has 0 bridgehead atoms. The molecule has 21 heavy (non-hydrogen) atoms. The Morgan fingerprint density at radius 2 is 2.14 bits per heavy atom. The first-order valence-corrected chi connectivity index (χ1v) is 7.84. The van der Waals surface area contributed by atoms with Gasteiger partial charge in [0, 0.05) is 11.4 Å². The number of nitro benzene ring substituents is 1. The molecule has 0 atom stereocenters. The van der Waals surface area contributed by atoms with Crippen molar-refractivity contribution in [3.63, 3.8) is 0 Å². The van der Waals surface area contributed by atoms with Gasteiger partial charge in [0.05, 0.1) is 21.6 Å². The fraction of sp³-hybridized carbons (Fsp3) is 0.0714. The first-order valence-electron chi connectivity index (χ1n) is 6.08. The molecule has 5 nitrogen and oxygen atoms in total. The lowest BCUT2D eigenvalue weighted by Gasteiger charge is -2.03. The van der Waals surface area contributed by atoms with E-state index in [0.717, 1.165) is 15.6 Å². The normalized spacial score (nSPS) is 10.5. The fourth-order valence-corrected chi connectivity index (χ4v) is 3.35. The first-order chi connectivity index (χ1) is 10.2. The number of hydrogen-bond acceptors (Lipinski definition) is 6. The van der Waals surface area contributed by atoms with Crippen LogP contribution in [0.15, 0.2) is 47.2 Å². The Hall–Kier alpha value is -2.25. The highest BCUT2D eigenvalue weighted by Crippen LogP contribution is 2.28. The quantitative estimate of drug-likeness (QED) is 0.518. The minimum absolute atomic E-state index is 0.0186. The Morgan fingerprint density at radius 1 is 1.24 bits per heavy atom. The molecule has 0 unspecified atom stereocenters. The lowest BCUT2D eigenvalue weighted by molar-refractivity contribution is -0.384. The number of nitrogens with zero attached hydrogens (tertiary/aromatic N) is 2. The molecular weight excluding hydrogens is 308 g/mol. The zero-order valence-corrected chi connectivity index (χ0v) is 12.4. The topological polar surface area (TPSA) is 65.3 Å². The zero-order chi connectivity index (χ0) is 14.7. The second kappa shape index (κ2) is 6.02. The minimum atomic E-state index is -0.440. The van der Waals surface area contributed by atoms with Gasteiger partial charge in [-0.2, -0.15) is 0 Å². The van der Waals surface area contributed by atoms with E-state index in [0.29, 0.717) is 12.4 Å². The Labute approximate surface area is 128 Å². The summed E-state index contributed by atoms with van der Waals surface area (Å²) >= 11 is 3.20. The molecule has 2 heterocycles. The Kier molecular flexibility index (Phi) is 3.94. The van der Waals surface area contributed by atoms with Gasteiger partial charge < -0.3 is 4.74 Å². The van der Waals surface area contributed by atoms with Crippen LogP contribution in [0.4, 0.5) is 5.69 Å². The second-order valence-corrected chi connectivity index (χ2v) is 5.97. The van der Waals surface area contributed by atoms with E-state index in [-0.39, 0.29) is 5.69 Å². The van der Waals surface area contributed by atoms with Crippen molar-refractivity contribution in [1.29, 1.82) is 0 Å². The largest absolute Gasteiger partial charge is 0.487 e. The lowest BCUT2D eigenvalue weighted by Crippen LogP contribution is -1.96. The first kappa shape index (κ1) is 13.7. The van der Waals surface area contributed by atoms with Crippen LogP contribution in [0.5, 0.6) is 5.75 Å². The summed E-state index contributed by atoms with van der Waals surface area (Å²) in [6.45, 7) is 0.295. The average Bonchev–Trinajstić information content (AvgIpc) is 3.16. The predicted molar refractivity (Wildman–Crippen MR) is 82.9 cm³/mol. The number of ether oxygens (including phenoxy) is 1. The maximum Gasteiger partial charge on any atom is 0.273 e. The second-order valence-electron chi connectivity index (χ2n) is 4.16. The number of benzene rings is 1. The lowest BCUT2D eigenvalue weighted by atomic mass is 10.3. The van der Waals surface area contributed by atoms with Gasteiger partial charge in [-0.1, -0.05) is 12.1 Å². The van der Waals surface area contributed by atoms with Crippen LogP contribution in [0.1, 0.15) is 5.69 Å². The summed E-state index contributed by atoms with van der Waals surface area (Å²) in [5.41, 5.74) is 0.833. The van der Waals surface area contributed by atoms with Crippen molar-refractivity contribution in [3.8, 4) is 15.6 Å². The van der Waals surface area contributed by atoms with Crippen LogP contribution in [-0.4, -0.2) is 9.91 Å². The minimum Gasteiger partial charge on any atom is -0.487 e. The van der Waals surface area contributed by atoms with E-state index < -0.39 is 4.92 Å². The molecule has 106 valence electrons. The SMILES string of the molecule is O=[N+]([O-])c1cccc(OCc2csc(-c3cccs3)n2)c1. The monoisotopic (exact) mass is 318 g/mol. The van der Waals surface area contributed by atoms with Crippen molar-refractivity contribution in [2.24, 2.45) is 0 Å². The van der Waals surface area contributed by atoms with Gasteiger partial charge in [-0.05, 0) is 17.5 Å². The van der Waals surface area contributed by atoms with E-state index in [1.165, 1.54) is 12.1 Å². The fourth-order valence-electron chi connectivity index (χ4n) is 1.73. The molecule has 3 rings (SSSR count). The Bertz CT molecular complexity index is 753. The number of thiazole rings is 1. The van der Waals surface area contributed by atoms with Gasteiger partial charge in [-0.15, -0.1) is 22.7 Å². The van der Waals surface area contributed by atoms with Gasteiger partial charge in [0.2, 0.25) is 0 Å². The van der Waals surface area contributed by atoms with Crippen molar-refractivity contribution >= 4 is 28.4 Å². The van der Waals surface area contributed by atoms with Crippen molar-refractivity contribution < 1.29 is 9.66 Å². The van der Waals surface area contributed by atoms with E-state index in [1.807, 2.05) is 22.9 Å². The van der Waals surface area contributed by atoms with Crippen LogP contribution < -0.4 is 4.74 Å². The summed E-state index contributed by atoms with van der Waals surface area (Å²) in [6.07, 6.45) is 0. The molecule has 1 aromatic carbocycles. The van der Waals surface area contributed by atoms with E-state index in [4.69, 9.17) is 4.74 Å². The van der Waals surface area contributed by atoms with E-state index in [1.54, 1.807) is 34.8 Å². The standard InChI is InChI=1S/C14H10N2O3S2/c17-16(18)11-3-1-4-12(7-11)19-8-10-9-21-14(15-10)13-5-2-6-20-13/h1-7,9H,8H2. The number of hydrogen-bond donors (Lipinski definition) is 0. The number of rotatable bonds is 5. The van der Waals surface area contributed by atoms with E-state index in [9.17, 15) is 10.1 Å². The smallest absolute Gasteiger partial charge is 0.273 e. The summed E-state index contributed by atoms with van der Waals surface area (Å²) in [5, 5.41) is 15.6. The zero-order valence-electron chi connectivity index (χ0n) is 10.8. The van der Waals surface area contributed by atoms with Crippen LogP contribution in [0, 0.1) is 10.1 Å². The van der Waals surface area contributed by atoms with Crippen molar-refractivity contribution in [3.05, 3.63) is 63.0 Å². The number of nitro groups is 1. The van der Waals surface area contributed by atoms with Crippen molar-refractivity contribution in [2.75, 3.05) is 0 Å². The number of non-ortho nitro benzene ring substituents is 1. The molecule has 0 fully saturated rings. The highest BCUT2D eigenvalue weighted by Gasteiger charge is 2.08. The molecule has 7 heteroatoms. The molecule has 2 aromatic heterocycles. The van der Waals surface area contributed by atoms with Crippen molar-refractivity contribution in [2.45, 2.75) is 6.61 Å².